The highest BCUT2D eigenvalue weighted by atomic mass is 16.5. The Labute approximate surface area is 163 Å². The van der Waals surface area contributed by atoms with Crippen LogP contribution < -0.4 is 11.5 Å². The second-order valence-electron chi connectivity index (χ2n) is 6.50. The van der Waals surface area contributed by atoms with Crippen molar-refractivity contribution in [2.75, 3.05) is 11.5 Å². The lowest BCUT2D eigenvalue weighted by Crippen LogP contribution is -2.14. The van der Waals surface area contributed by atoms with Gasteiger partial charge in [0.2, 0.25) is 17.8 Å². The van der Waals surface area contributed by atoms with E-state index in [1.54, 1.807) is 0 Å². The molecule has 0 amide bonds. The fourth-order valence-corrected chi connectivity index (χ4v) is 3.13. The number of aliphatic hydroxyl groups excluding tert-OH is 1. The van der Waals surface area contributed by atoms with Gasteiger partial charge in [-0.1, -0.05) is 56.5 Å². The number of unbranched alkanes of at least 4 members (excludes halogenated alkanes) is 3. The van der Waals surface area contributed by atoms with Gasteiger partial charge in [-0.3, -0.25) is 4.57 Å². The van der Waals surface area contributed by atoms with Crippen LogP contribution in [0.2, 0.25) is 0 Å². The predicted octanol–water partition coefficient (Wildman–Crippen LogP) is 1.99. The van der Waals surface area contributed by atoms with Gasteiger partial charge >= 0.3 is 0 Å². The minimum Gasteiger partial charge on any atom is -0.368 e. The van der Waals surface area contributed by atoms with E-state index in [0.717, 1.165) is 31.2 Å². The van der Waals surface area contributed by atoms with E-state index in [2.05, 4.69) is 21.9 Å². The Morgan fingerprint density at radius 2 is 1.61 bits per heavy atom. The number of hydrogen-bond donors (Lipinski definition) is 4. The van der Waals surface area contributed by atoms with Gasteiger partial charge < -0.3 is 21.7 Å². The molecule has 0 spiro atoms. The first-order chi connectivity index (χ1) is 13.5. The molecule has 0 unspecified atom stereocenters. The van der Waals surface area contributed by atoms with Crippen LogP contribution in [-0.4, -0.2) is 34.7 Å². The standard InChI is InChI=1S/C19H25N7O2/c1-2-3-4-8-11-13-14(16(27)28)26(19-24-17(20)23-18(21)25-19)15(22-13)12-9-6-5-7-10-12/h5-7,9-10,16,27-28H,2-4,8,11H2,1H3,(H4,20,21,23,24,25). The Hall–Kier alpha value is -3.04. The maximum atomic E-state index is 10.1. The third-order valence-corrected chi connectivity index (χ3v) is 4.39. The molecule has 6 N–H and O–H groups in total. The van der Waals surface area contributed by atoms with Gasteiger partial charge in [-0.2, -0.15) is 15.0 Å². The van der Waals surface area contributed by atoms with E-state index in [9.17, 15) is 10.2 Å². The van der Waals surface area contributed by atoms with Crippen LogP contribution in [0.25, 0.3) is 17.3 Å². The Balaban J connectivity index is 2.17. The molecule has 28 heavy (non-hydrogen) atoms. The quantitative estimate of drug-likeness (QED) is 0.341. The van der Waals surface area contributed by atoms with Crippen LogP contribution in [0.5, 0.6) is 0 Å². The number of imidazole rings is 1. The average molecular weight is 383 g/mol. The fraction of sp³-hybridized carbons (Fsp3) is 0.368. The molecule has 148 valence electrons. The molecule has 0 aliphatic heterocycles. The molecule has 0 saturated carbocycles. The molecule has 0 aliphatic rings. The highest BCUT2D eigenvalue weighted by Gasteiger charge is 2.25. The molecule has 0 fully saturated rings. The summed E-state index contributed by atoms with van der Waals surface area (Å²) >= 11 is 0. The summed E-state index contributed by atoms with van der Waals surface area (Å²) in [7, 11) is 0. The van der Waals surface area contributed by atoms with Crippen molar-refractivity contribution in [2.45, 2.75) is 45.3 Å². The normalized spacial score (nSPS) is 11.3. The van der Waals surface area contributed by atoms with Gasteiger partial charge in [-0.15, -0.1) is 0 Å². The monoisotopic (exact) mass is 383 g/mol. The molecular weight excluding hydrogens is 358 g/mol. The van der Waals surface area contributed by atoms with Gasteiger partial charge in [-0.25, -0.2) is 4.98 Å². The molecule has 0 bridgehead atoms. The Kier molecular flexibility index (Phi) is 6.17. The van der Waals surface area contributed by atoms with E-state index in [1.165, 1.54) is 4.57 Å². The van der Waals surface area contributed by atoms with Crippen LogP contribution >= 0.6 is 0 Å². The Morgan fingerprint density at radius 1 is 0.929 bits per heavy atom. The smallest absolute Gasteiger partial charge is 0.242 e. The average Bonchev–Trinajstić information content (AvgIpc) is 3.05. The summed E-state index contributed by atoms with van der Waals surface area (Å²) in [5, 5.41) is 20.2. The second-order valence-corrected chi connectivity index (χ2v) is 6.50. The molecule has 2 heterocycles. The third-order valence-electron chi connectivity index (χ3n) is 4.39. The number of aryl methyl sites for hydroxylation is 1. The fourth-order valence-electron chi connectivity index (χ4n) is 3.13. The van der Waals surface area contributed by atoms with Crippen molar-refractivity contribution in [2.24, 2.45) is 0 Å². The summed E-state index contributed by atoms with van der Waals surface area (Å²) in [5.41, 5.74) is 13.0. The molecule has 3 aromatic rings. The largest absolute Gasteiger partial charge is 0.368 e. The molecule has 0 aliphatic carbocycles. The number of benzene rings is 1. The zero-order valence-corrected chi connectivity index (χ0v) is 15.8. The van der Waals surface area contributed by atoms with Crippen LogP contribution in [0.4, 0.5) is 11.9 Å². The summed E-state index contributed by atoms with van der Waals surface area (Å²) in [6, 6.07) is 9.40. The molecule has 0 saturated heterocycles. The number of anilines is 2. The number of nitrogens with two attached hydrogens (primary N) is 2. The summed E-state index contributed by atoms with van der Waals surface area (Å²) in [6.45, 7) is 2.14. The first-order valence-corrected chi connectivity index (χ1v) is 9.31. The number of hydrogen-bond acceptors (Lipinski definition) is 8. The van der Waals surface area contributed by atoms with Crippen molar-refractivity contribution < 1.29 is 10.2 Å². The van der Waals surface area contributed by atoms with Crippen LogP contribution in [0.3, 0.4) is 0 Å². The summed E-state index contributed by atoms with van der Waals surface area (Å²) in [5.74, 6) is 0.467. The van der Waals surface area contributed by atoms with E-state index in [4.69, 9.17) is 16.5 Å². The highest BCUT2D eigenvalue weighted by molar-refractivity contribution is 5.59. The predicted molar refractivity (Wildman–Crippen MR) is 106 cm³/mol. The van der Waals surface area contributed by atoms with E-state index < -0.39 is 6.29 Å². The summed E-state index contributed by atoms with van der Waals surface area (Å²) in [4.78, 5) is 16.7. The molecule has 0 radical (unpaired) electrons. The van der Waals surface area contributed by atoms with Gasteiger partial charge in [0.05, 0.1) is 5.69 Å². The molecule has 0 atom stereocenters. The van der Waals surface area contributed by atoms with Gasteiger partial charge in [0.25, 0.3) is 0 Å². The minimum atomic E-state index is -1.76. The highest BCUT2D eigenvalue weighted by Crippen LogP contribution is 2.29. The number of rotatable bonds is 8. The third kappa shape index (κ3) is 4.26. The maximum absolute atomic E-state index is 10.1. The van der Waals surface area contributed by atoms with E-state index in [0.29, 0.717) is 17.9 Å². The van der Waals surface area contributed by atoms with Gasteiger partial charge in [-0.05, 0) is 12.8 Å². The van der Waals surface area contributed by atoms with Crippen LogP contribution in [-0.2, 0) is 6.42 Å². The first-order valence-electron chi connectivity index (χ1n) is 9.31. The van der Waals surface area contributed by atoms with Crippen LogP contribution in [0.15, 0.2) is 30.3 Å². The Bertz CT molecular complexity index is 905. The SMILES string of the molecule is CCCCCCc1nc(-c2ccccc2)n(-c2nc(N)nc(N)n2)c1C(O)O. The van der Waals surface area contributed by atoms with E-state index in [1.807, 2.05) is 30.3 Å². The van der Waals surface area contributed by atoms with E-state index in [-0.39, 0.29) is 23.5 Å². The number of aliphatic hydroxyl groups is 2. The lowest BCUT2D eigenvalue weighted by Gasteiger charge is -2.13. The number of aromatic nitrogens is 5. The molecule has 9 nitrogen and oxygen atoms in total. The van der Waals surface area contributed by atoms with Crippen LogP contribution in [0.1, 0.15) is 50.3 Å². The molecule has 9 heteroatoms. The van der Waals surface area contributed by atoms with Gasteiger partial charge in [0, 0.05) is 5.56 Å². The second kappa shape index (κ2) is 8.77. The maximum Gasteiger partial charge on any atom is 0.242 e. The van der Waals surface area contributed by atoms with Crippen molar-refractivity contribution in [3.63, 3.8) is 0 Å². The number of nitrogen functional groups attached to an aromatic ring is 2. The zero-order valence-electron chi connectivity index (χ0n) is 15.8. The first kappa shape index (κ1) is 19.7. The molecular formula is C19H25N7O2. The summed E-state index contributed by atoms with van der Waals surface area (Å²) < 4.78 is 1.49. The van der Waals surface area contributed by atoms with Gasteiger partial charge in [0.1, 0.15) is 11.5 Å². The van der Waals surface area contributed by atoms with Crippen LogP contribution in [0, 0.1) is 0 Å². The molecule has 3 rings (SSSR count). The topological polar surface area (TPSA) is 149 Å². The Morgan fingerprint density at radius 3 is 2.21 bits per heavy atom. The lowest BCUT2D eigenvalue weighted by atomic mass is 10.1. The van der Waals surface area contributed by atoms with Crippen molar-refractivity contribution in [3.05, 3.63) is 41.7 Å². The minimum absolute atomic E-state index is 0.0573. The lowest BCUT2D eigenvalue weighted by molar-refractivity contribution is -0.0477. The van der Waals surface area contributed by atoms with Crippen molar-refractivity contribution in [3.8, 4) is 17.3 Å². The molecule has 2 aromatic heterocycles. The van der Waals surface area contributed by atoms with E-state index >= 15 is 0 Å². The zero-order chi connectivity index (χ0) is 20.1. The van der Waals surface area contributed by atoms with Gasteiger partial charge in [0.15, 0.2) is 6.29 Å². The van der Waals surface area contributed by atoms with Crippen molar-refractivity contribution >= 4 is 11.9 Å². The summed E-state index contributed by atoms with van der Waals surface area (Å²) in [6.07, 6.45) is 3.00. The molecule has 1 aromatic carbocycles. The van der Waals surface area contributed by atoms with Crippen molar-refractivity contribution in [1.29, 1.82) is 0 Å². The van der Waals surface area contributed by atoms with Crippen molar-refractivity contribution in [1.82, 2.24) is 24.5 Å². The number of nitrogens with zero attached hydrogens (tertiary/aromatic N) is 5.